The van der Waals surface area contributed by atoms with Crippen LogP contribution in [0.4, 0.5) is 11.4 Å². The third-order valence-electron chi connectivity index (χ3n) is 6.75. The maximum Gasteiger partial charge on any atom is 0.331 e. The van der Waals surface area contributed by atoms with Crippen LogP contribution in [0.15, 0.2) is 61.2 Å². The molecule has 1 saturated carbocycles. The largest absolute Gasteiger partial charge is 0.458 e. The van der Waals surface area contributed by atoms with Crippen molar-refractivity contribution in [3.63, 3.8) is 0 Å². The van der Waals surface area contributed by atoms with Crippen LogP contribution in [-0.4, -0.2) is 11.9 Å². The average molecular weight is 491 g/mol. The molecule has 1 aliphatic carbocycles. The number of nitrogens with two attached hydrogens (primary N) is 2. The number of hydrogen-bond donors (Lipinski definition) is 2. The van der Waals surface area contributed by atoms with Crippen molar-refractivity contribution in [1.29, 1.82) is 0 Å². The molecule has 1 aliphatic rings. The normalized spacial score (nSPS) is 17.6. The molecule has 6 heteroatoms. The van der Waals surface area contributed by atoms with Crippen molar-refractivity contribution < 1.29 is 19.1 Å². The Morgan fingerprint density at radius 2 is 1.72 bits per heavy atom. The van der Waals surface area contributed by atoms with Gasteiger partial charge in [0.25, 0.3) is 0 Å². The highest BCUT2D eigenvalue weighted by Gasteiger charge is 2.27. The Hall–Kier alpha value is -3.54. The molecule has 0 spiro atoms. The van der Waals surface area contributed by atoms with E-state index < -0.39 is 5.97 Å². The molecule has 3 rings (SSSR count). The van der Waals surface area contributed by atoms with E-state index in [2.05, 4.69) is 6.58 Å². The first kappa shape index (κ1) is 27.1. The molecule has 0 atom stereocenters. The molecule has 1 fully saturated rings. The Morgan fingerprint density at radius 1 is 0.972 bits per heavy atom. The number of nitrogen functional groups attached to an aromatic ring is 2. The van der Waals surface area contributed by atoms with Crippen LogP contribution in [0.2, 0.25) is 0 Å². The van der Waals surface area contributed by atoms with Crippen LogP contribution in [0, 0.1) is 11.8 Å². The monoisotopic (exact) mass is 490 g/mol. The number of carbonyl (C=O) groups excluding carboxylic acids is 2. The van der Waals surface area contributed by atoms with Gasteiger partial charge in [-0.25, -0.2) is 4.79 Å². The van der Waals surface area contributed by atoms with Crippen molar-refractivity contribution in [2.24, 2.45) is 11.8 Å². The first-order valence-electron chi connectivity index (χ1n) is 12.9. The molecule has 0 unspecified atom stereocenters. The summed E-state index contributed by atoms with van der Waals surface area (Å²) in [5.74, 6) is 0.595. The topological polar surface area (TPSA) is 105 Å². The van der Waals surface area contributed by atoms with E-state index in [0.717, 1.165) is 43.6 Å². The van der Waals surface area contributed by atoms with Crippen molar-refractivity contribution in [3.8, 4) is 5.75 Å². The van der Waals surface area contributed by atoms with Crippen LogP contribution < -0.4 is 16.2 Å². The van der Waals surface area contributed by atoms with E-state index in [1.807, 2.05) is 6.08 Å². The summed E-state index contributed by atoms with van der Waals surface area (Å²) >= 11 is 0. The van der Waals surface area contributed by atoms with E-state index >= 15 is 0 Å². The minimum absolute atomic E-state index is 0.0228. The summed E-state index contributed by atoms with van der Waals surface area (Å²) in [5, 5.41) is 0. The lowest BCUT2D eigenvalue weighted by atomic mass is 9.80. The molecule has 0 aromatic heterocycles. The summed E-state index contributed by atoms with van der Waals surface area (Å²) < 4.78 is 10.9. The van der Waals surface area contributed by atoms with Crippen LogP contribution in [0.1, 0.15) is 68.9 Å². The molecule has 4 N–H and O–H groups in total. The summed E-state index contributed by atoms with van der Waals surface area (Å²) in [6.45, 7) is 3.82. The van der Waals surface area contributed by atoms with E-state index in [4.69, 9.17) is 20.9 Å². The summed E-state index contributed by atoms with van der Waals surface area (Å²) in [7, 11) is 0. The minimum atomic E-state index is -0.486. The van der Waals surface area contributed by atoms with E-state index in [0.29, 0.717) is 22.7 Å². The van der Waals surface area contributed by atoms with Gasteiger partial charge in [-0.2, -0.15) is 0 Å². The summed E-state index contributed by atoms with van der Waals surface area (Å²) in [6, 6.07) is 12.1. The highest BCUT2D eigenvalue weighted by atomic mass is 16.5. The van der Waals surface area contributed by atoms with E-state index in [1.165, 1.54) is 31.8 Å². The Balaban J connectivity index is 1.38. The fourth-order valence-corrected chi connectivity index (χ4v) is 4.54. The van der Waals surface area contributed by atoms with Crippen LogP contribution in [0.25, 0.3) is 6.08 Å². The molecule has 0 aliphatic heterocycles. The summed E-state index contributed by atoms with van der Waals surface area (Å²) in [6.07, 6.45) is 15.1. The van der Waals surface area contributed by atoms with Crippen molar-refractivity contribution in [3.05, 3.63) is 72.3 Å². The zero-order chi connectivity index (χ0) is 25.8. The molecule has 36 heavy (non-hydrogen) atoms. The van der Waals surface area contributed by atoms with Crippen LogP contribution in [-0.2, 0) is 20.9 Å². The predicted octanol–water partition coefficient (Wildman–Crippen LogP) is 6.46. The smallest absolute Gasteiger partial charge is 0.331 e. The number of hydrogen-bond acceptors (Lipinski definition) is 6. The van der Waals surface area contributed by atoms with Gasteiger partial charge < -0.3 is 20.9 Å². The van der Waals surface area contributed by atoms with Gasteiger partial charge in [-0.15, -0.1) is 6.58 Å². The number of rotatable bonds is 12. The van der Waals surface area contributed by atoms with Crippen molar-refractivity contribution in [2.45, 2.75) is 64.4 Å². The maximum absolute atomic E-state index is 12.6. The van der Waals surface area contributed by atoms with Gasteiger partial charge in [0.05, 0.1) is 5.92 Å². The molecular weight excluding hydrogens is 452 g/mol. The first-order valence-corrected chi connectivity index (χ1v) is 12.9. The quantitative estimate of drug-likeness (QED) is 0.0884. The summed E-state index contributed by atoms with van der Waals surface area (Å²) in [5.41, 5.74) is 14.2. The first-order chi connectivity index (χ1) is 17.4. The van der Waals surface area contributed by atoms with Gasteiger partial charge in [0, 0.05) is 23.0 Å². The fraction of sp³-hybridized carbons (Fsp3) is 0.400. The number of benzene rings is 2. The molecule has 192 valence electrons. The second-order valence-electron chi connectivity index (χ2n) is 9.53. The predicted molar refractivity (Wildman–Crippen MR) is 145 cm³/mol. The lowest BCUT2D eigenvalue weighted by Gasteiger charge is -2.27. The zero-order valence-corrected chi connectivity index (χ0v) is 21.0. The number of carbonyl (C=O) groups is 2. The van der Waals surface area contributed by atoms with Gasteiger partial charge in [-0.05, 0) is 86.4 Å². The Bertz CT molecular complexity index is 1040. The standard InChI is InChI=1S/C30H38N2O4/c1-2-3-4-5-6-7-22-8-13-24(14-9-22)30(34)36-27-16-10-23(11-17-27)12-19-29(33)35-21-25-20-26(31)15-18-28(25)32/h2,10-12,15-20,22,24H,1,3-9,13-14,21,31-32H2. The highest BCUT2D eigenvalue weighted by Crippen LogP contribution is 2.33. The number of allylic oxidation sites excluding steroid dienone is 1. The molecular formula is C30H38N2O4. The molecule has 0 saturated heterocycles. The van der Waals surface area contributed by atoms with Gasteiger partial charge in [0.1, 0.15) is 12.4 Å². The highest BCUT2D eigenvalue weighted by molar-refractivity contribution is 5.87. The molecule has 2 aromatic carbocycles. The number of esters is 2. The number of unbranched alkanes of at least 4 members (excludes halogenated alkanes) is 3. The summed E-state index contributed by atoms with van der Waals surface area (Å²) in [4.78, 5) is 24.7. The van der Waals surface area contributed by atoms with Gasteiger partial charge in [-0.3, -0.25) is 4.79 Å². The average Bonchev–Trinajstić information content (AvgIpc) is 2.89. The van der Waals surface area contributed by atoms with Crippen LogP contribution in [0.3, 0.4) is 0 Å². The van der Waals surface area contributed by atoms with Gasteiger partial charge in [0.2, 0.25) is 0 Å². The van der Waals surface area contributed by atoms with Crippen molar-refractivity contribution in [1.82, 2.24) is 0 Å². The number of anilines is 2. The van der Waals surface area contributed by atoms with Gasteiger partial charge in [-0.1, -0.05) is 37.5 Å². The molecule has 2 aromatic rings. The molecule has 0 bridgehead atoms. The lowest BCUT2D eigenvalue weighted by molar-refractivity contribution is -0.140. The van der Waals surface area contributed by atoms with E-state index in [1.54, 1.807) is 48.5 Å². The van der Waals surface area contributed by atoms with E-state index in [-0.39, 0.29) is 18.5 Å². The van der Waals surface area contributed by atoms with Crippen LogP contribution >= 0.6 is 0 Å². The Morgan fingerprint density at radius 3 is 2.44 bits per heavy atom. The van der Waals surface area contributed by atoms with Crippen molar-refractivity contribution >= 4 is 29.4 Å². The second-order valence-corrected chi connectivity index (χ2v) is 9.53. The van der Waals surface area contributed by atoms with Crippen LogP contribution in [0.5, 0.6) is 5.75 Å². The Labute approximate surface area is 214 Å². The zero-order valence-electron chi connectivity index (χ0n) is 21.0. The fourth-order valence-electron chi connectivity index (χ4n) is 4.54. The van der Waals surface area contributed by atoms with Crippen molar-refractivity contribution in [2.75, 3.05) is 11.5 Å². The molecule has 0 amide bonds. The third-order valence-corrected chi connectivity index (χ3v) is 6.75. The Kier molecular flexibility index (Phi) is 10.6. The second kappa shape index (κ2) is 14.1. The molecule has 0 radical (unpaired) electrons. The van der Waals surface area contributed by atoms with E-state index in [9.17, 15) is 9.59 Å². The molecule has 6 nitrogen and oxygen atoms in total. The lowest BCUT2D eigenvalue weighted by Crippen LogP contribution is -2.25. The van der Waals surface area contributed by atoms with Gasteiger partial charge in [0.15, 0.2) is 0 Å². The van der Waals surface area contributed by atoms with Gasteiger partial charge >= 0.3 is 11.9 Å². The minimum Gasteiger partial charge on any atom is -0.458 e. The maximum atomic E-state index is 12.6. The SMILES string of the molecule is C=CCCCCCC1CCC(C(=O)Oc2ccc(C=CC(=O)OCc3cc(N)ccc3N)cc2)CC1. The third kappa shape index (κ3) is 8.91. The number of ether oxygens (including phenoxy) is 2. The molecule has 0 heterocycles.